The monoisotopic (exact) mass is 580 g/mol. The number of nitrogen functional groups attached to an aromatic ring is 1. The van der Waals surface area contributed by atoms with Crippen molar-refractivity contribution in [1.29, 1.82) is 0 Å². The first-order chi connectivity index (χ1) is 20.0. The number of carbonyl (C=O) groups excluding carboxylic acids is 2. The summed E-state index contributed by atoms with van der Waals surface area (Å²) in [5, 5.41) is 21.1. The predicted molar refractivity (Wildman–Crippen MR) is 160 cm³/mol. The van der Waals surface area contributed by atoms with Crippen LogP contribution in [-0.4, -0.2) is 37.4 Å². The molecule has 0 saturated carbocycles. The van der Waals surface area contributed by atoms with E-state index in [1.165, 1.54) is 22.7 Å². The topological polar surface area (TPSA) is 135 Å². The molecule has 9 nitrogen and oxygen atoms in total. The van der Waals surface area contributed by atoms with E-state index in [2.05, 4.69) is 15.6 Å². The summed E-state index contributed by atoms with van der Waals surface area (Å²) in [6.45, 7) is 0.304. The van der Waals surface area contributed by atoms with Gasteiger partial charge in [-0.3, -0.25) is 14.0 Å². The number of hydrogen-bond donors (Lipinski definition) is 4. The van der Waals surface area contributed by atoms with E-state index in [1.807, 2.05) is 59.3 Å². The van der Waals surface area contributed by atoms with Crippen molar-refractivity contribution in [3.63, 3.8) is 0 Å². The van der Waals surface area contributed by atoms with E-state index in [1.54, 1.807) is 22.7 Å². The zero-order valence-electron chi connectivity index (χ0n) is 21.6. The quantitative estimate of drug-likeness (QED) is 0.228. The molecule has 4 heterocycles. The summed E-state index contributed by atoms with van der Waals surface area (Å²) in [5.74, 6) is -0.692. The van der Waals surface area contributed by atoms with Crippen molar-refractivity contribution in [2.24, 2.45) is 0 Å². The Morgan fingerprint density at radius 2 is 1.95 bits per heavy atom. The molecule has 2 amide bonds. The van der Waals surface area contributed by atoms with Crippen molar-refractivity contribution in [3.8, 4) is 11.3 Å². The highest BCUT2D eigenvalue weighted by atomic mass is 32.1. The second kappa shape index (κ2) is 10.1. The number of nitrogens with zero attached hydrogens (tertiary/aromatic N) is 3. The number of pyridine rings is 1. The molecule has 1 aliphatic carbocycles. The zero-order valence-corrected chi connectivity index (χ0v) is 23.2. The van der Waals surface area contributed by atoms with Gasteiger partial charge in [-0.15, -0.1) is 0 Å². The van der Waals surface area contributed by atoms with Crippen LogP contribution in [0.25, 0.3) is 27.1 Å². The van der Waals surface area contributed by atoms with Crippen molar-refractivity contribution in [1.82, 2.24) is 25.0 Å². The van der Waals surface area contributed by atoms with E-state index in [-0.39, 0.29) is 11.8 Å². The highest BCUT2D eigenvalue weighted by Crippen LogP contribution is 2.33. The first-order valence-corrected chi connectivity index (χ1v) is 14.8. The second-order valence-corrected chi connectivity index (χ2v) is 11.7. The van der Waals surface area contributed by atoms with Crippen LogP contribution in [0.5, 0.6) is 0 Å². The number of thiazole rings is 1. The SMILES string of the molecule is Nc1nc2ccc(CNC(=O)c3cccn4c(C(=O)N[C@@H]5c6ccccc6C[C@@H]5O)c(-c5ccsc5)nc34)cc2s1. The summed E-state index contributed by atoms with van der Waals surface area (Å²) in [6.07, 6.45) is 1.46. The van der Waals surface area contributed by atoms with Gasteiger partial charge < -0.3 is 21.5 Å². The molecular weight excluding hydrogens is 557 g/mol. The smallest absolute Gasteiger partial charge is 0.271 e. The van der Waals surface area contributed by atoms with Crippen LogP contribution in [0.15, 0.2) is 77.6 Å². The number of aromatic nitrogens is 3. The molecule has 7 rings (SSSR count). The molecule has 0 saturated heterocycles. The highest BCUT2D eigenvalue weighted by Gasteiger charge is 2.34. The molecule has 2 aromatic carbocycles. The van der Waals surface area contributed by atoms with Crippen LogP contribution in [0, 0.1) is 0 Å². The minimum absolute atomic E-state index is 0.304. The van der Waals surface area contributed by atoms with Gasteiger partial charge in [0.25, 0.3) is 11.8 Å². The van der Waals surface area contributed by atoms with Crippen molar-refractivity contribution >= 4 is 55.5 Å². The molecule has 0 unspecified atom stereocenters. The minimum atomic E-state index is -0.734. The summed E-state index contributed by atoms with van der Waals surface area (Å²) < 4.78 is 2.60. The lowest BCUT2D eigenvalue weighted by molar-refractivity contribution is 0.0852. The number of hydrogen-bond acceptors (Lipinski definition) is 8. The van der Waals surface area contributed by atoms with E-state index < -0.39 is 12.1 Å². The number of nitrogens with two attached hydrogens (primary N) is 1. The van der Waals surface area contributed by atoms with Gasteiger partial charge in [0.2, 0.25) is 0 Å². The Balaban J connectivity index is 1.22. The van der Waals surface area contributed by atoms with Crippen molar-refractivity contribution in [3.05, 3.63) is 106 Å². The molecule has 0 aliphatic heterocycles. The molecule has 41 heavy (non-hydrogen) atoms. The van der Waals surface area contributed by atoms with Gasteiger partial charge in [0.05, 0.1) is 27.9 Å². The number of nitrogens with one attached hydrogen (secondary N) is 2. The summed E-state index contributed by atoms with van der Waals surface area (Å²) >= 11 is 2.90. The standard InChI is InChI=1S/C30H24N6O3S2/c31-30-33-21-8-7-16(12-23(21)41-30)14-32-28(38)20-6-3-10-36-26(24(34-27(20)36)18-9-11-40-15-18)29(39)35-25-19-5-2-1-4-17(19)13-22(25)37/h1-12,15,22,25,37H,13-14H2,(H2,31,33)(H,32,38)(H,35,39)/t22-,25+/m0/s1. The molecule has 2 atom stereocenters. The van der Waals surface area contributed by atoms with Crippen LogP contribution in [0.2, 0.25) is 0 Å². The van der Waals surface area contributed by atoms with E-state index in [0.29, 0.717) is 40.7 Å². The van der Waals surface area contributed by atoms with Crippen molar-refractivity contribution < 1.29 is 14.7 Å². The number of rotatable bonds is 6. The van der Waals surface area contributed by atoms with Crippen LogP contribution >= 0.6 is 22.7 Å². The second-order valence-electron chi connectivity index (χ2n) is 9.89. The van der Waals surface area contributed by atoms with Gasteiger partial charge in [0.15, 0.2) is 10.8 Å². The fraction of sp³-hybridized carbons (Fsp3) is 0.133. The number of aliphatic hydroxyl groups excluding tert-OH is 1. The van der Waals surface area contributed by atoms with Gasteiger partial charge in [-0.2, -0.15) is 11.3 Å². The van der Waals surface area contributed by atoms with E-state index in [4.69, 9.17) is 10.7 Å². The molecule has 0 fully saturated rings. The van der Waals surface area contributed by atoms with Gasteiger partial charge in [-0.25, -0.2) is 9.97 Å². The molecule has 0 radical (unpaired) electrons. The fourth-order valence-corrected chi connectivity index (χ4v) is 6.83. The maximum Gasteiger partial charge on any atom is 0.271 e. The van der Waals surface area contributed by atoms with Crippen molar-refractivity contribution in [2.45, 2.75) is 25.1 Å². The number of aliphatic hydroxyl groups is 1. The number of amides is 2. The number of benzene rings is 2. The van der Waals surface area contributed by atoms with Gasteiger partial charge in [-0.1, -0.05) is 41.7 Å². The van der Waals surface area contributed by atoms with E-state index >= 15 is 0 Å². The van der Waals surface area contributed by atoms with Crippen LogP contribution in [0.1, 0.15) is 43.6 Å². The predicted octanol–water partition coefficient (Wildman–Crippen LogP) is 4.57. The summed E-state index contributed by atoms with van der Waals surface area (Å²) in [6, 6.07) is 18.2. The number of fused-ring (bicyclic) bond motifs is 3. The average Bonchev–Trinajstić information content (AvgIpc) is 3.76. The van der Waals surface area contributed by atoms with Gasteiger partial charge in [-0.05, 0) is 52.4 Å². The molecule has 0 spiro atoms. The summed E-state index contributed by atoms with van der Waals surface area (Å²) in [7, 11) is 0. The third-order valence-electron chi connectivity index (χ3n) is 7.32. The summed E-state index contributed by atoms with van der Waals surface area (Å²) in [4.78, 5) is 36.3. The number of imidazole rings is 1. The Morgan fingerprint density at radius 3 is 2.80 bits per heavy atom. The Morgan fingerprint density at radius 1 is 1.07 bits per heavy atom. The molecule has 11 heteroatoms. The molecule has 4 aromatic heterocycles. The Kier molecular flexibility index (Phi) is 6.26. The lowest BCUT2D eigenvalue weighted by atomic mass is 10.1. The third kappa shape index (κ3) is 4.53. The van der Waals surface area contributed by atoms with E-state index in [0.717, 1.165) is 32.5 Å². The van der Waals surface area contributed by atoms with Crippen molar-refractivity contribution in [2.75, 3.05) is 5.73 Å². The van der Waals surface area contributed by atoms with Gasteiger partial charge in [0, 0.05) is 30.1 Å². The highest BCUT2D eigenvalue weighted by molar-refractivity contribution is 7.22. The van der Waals surface area contributed by atoms with Crippen LogP contribution in [0.3, 0.4) is 0 Å². The molecule has 0 bridgehead atoms. The van der Waals surface area contributed by atoms with Crippen LogP contribution in [-0.2, 0) is 13.0 Å². The Labute approximate surface area is 242 Å². The van der Waals surface area contributed by atoms with Crippen LogP contribution < -0.4 is 16.4 Å². The Hall–Kier alpha value is -4.58. The van der Waals surface area contributed by atoms with Crippen LogP contribution in [0.4, 0.5) is 5.13 Å². The lowest BCUT2D eigenvalue weighted by Crippen LogP contribution is -2.34. The van der Waals surface area contributed by atoms with Gasteiger partial charge >= 0.3 is 0 Å². The molecule has 5 N–H and O–H groups in total. The molecular formula is C30H24N6O3S2. The first kappa shape index (κ1) is 25.4. The first-order valence-electron chi connectivity index (χ1n) is 13.0. The number of anilines is 1. The lowest BCUT2D eigenvalue weighted by Gasteiger charge is -2.18. The molecule has 204 valence electrons. The molecule has 1 aliphatic rings. The largest absolute Gasteiger partial charge is 0.390 e. The Bertz CT molecular complexity index is 1940. The summed E-state index contributed by atoms with van der Waals surface area (Å²) in [5.41, 5.74) is 11.7. The average molecular weight is 581 g/mol. The fourth-order valence-electron chi connectivity index (χ4n) is 5.39. The maximum atomic E-state index is 13.9. The normalized spacial score (nSPS) is 16.2. The number of carbonyl (C=O) groups is 2. The molecule has 6 aromatic rings. The minimum Gasteiger partial charge on any atom is -0.390 e. The third-order valence-corrected chi connectivity index (χ3v) is 8.85. The van der Waals surface area contributed by atoms with Gasteiger partial charge in [0.1, 0.15) is 11.4 Å². The zero-order chi connectivity index (χ0) is 28.1. The maximum absolute atomic E-state index is 13.9. The number of thiophene rings is 1. The van der Waals surface area contributed by atoms with E-state index in [9.17, 15) is 14.7 Å².